The highest BCUT2D eigenvalue weighted by molar-refractivity contribution is 7.76. The zero-order chi connectivity index (χ0) is 12.0. The van der Waals surface area contributed by atoms with Gasteiger partial charge in [-0.1, -0.05) is 35.2 Å². The lowest BCUT2D eigenvalue weighted by atomic mass is 10.1. The minimum Gasteiger partial charge on any atom is -0.758 e. The number of carbonyl (C=O) groups is 1. The normalized spacial score (nSPS) is 13.2. The van der Waals surface area contributed by atoms with Crippen molar-refractivity contribution in [2.75, 3.05) is 0 Å². The van der Waals surface area contributed by atoms with Crippen LogP contribution < -0.4 is 4.89 Å². The van der Waals surface area contributed by atoms with E-state index in [9.17, 15) is 13.6 Å². The zero-order valence-corrected chi connectivity index (χ0v) is 9.32. The number of nitrogens with one attached hydrogen (secondary N) is 1. The van der Waals surface area contributed by atoms with E-state index >= 15 is 0 Å². The topological polar surface area (TPSA) is 78.5 Å². The van der Waals surface area contributed by atoms with Gasteiger partial charge in [-0.05, 0) is 18.6 Å². The monoisotopic (exact) mass is 240 g/mol. The molecular formula is C10H10NO4S-. The quantitative estimate of drug-likeness (QED) is 0.482. The molecule has 5 nitrogen and oxygen atoms in total. The summed E-state index contributed by atoms with van der Waals surface area (Å²) < 4.78 is 20.2. The van der Waals surface area contributed by atoms with Crippen LogP contribution in [0.5, 0.6) is 0 Å². The Morgan fingerprint density at radius 1 is 1.44 bits per heavy atom. The van der Waals surface area contributed by atoms with Gasteiger partial charge in [-0.15, -0.1) is 0 Å². The second-order valence-electron chi connectivity index (χ2n) is 2.95. The molecule has 0 aliphatic rings. The van der Waals surface area contributed by atoms with E-state index in [4.69, 9.17) is 0 Å². The molecule has 0 amide bonds. The third-order valence-electron chi connectivity index (χ3n) is 1.71. The van der Waals surface area contributed by atoms with E-state index in [2.05, 4.69) is 4.84 Å². The van der Waals surface area contributed by atoms with E-state index in [1.54, 1.807) is 6.08 Å². The van der Waals surface area contributed by atoms with Crippen LogP contribution in [0.3, 0.4) is 0 Å². The molecule has 0 heterocycles. The van der Waals surface area contributed by atoms with Gasteiger partial charge in [-0.3, -0.25) is 4.21 Å². The Labute approximate surface area is 95.5 Å². The number of hydrogen-bond acceptors (Lipinski definition) is 4. The highest BCUT2D eigenvalue weighted by Crippen LogP contribution is 2.06. The molecule has 1 rings (SSSR count). The third kappa shape index (κ3) is 4.35. The van der Waals surface area contributed by atoms with Gasteiger partial charge in [0.05, 0.1) is 11.3 Å². The molecule has 0 fully saturated rings. The Morgan fingerprint density at radius 2 is 2.06 bits per heavy atom. The molecule has 16 heavy (non-hydrogen) atoms. The van der Waals surface area contributed by atoms with Crippen molar-refractivity contribution < 1.29 is 18.4 Å². The highest BCUT2D eigenvalue weighted by atomic mass is 32.2. The molecule has 1 unspecified atom stereocenters. The molecule has 1 atom stereocenters. The lowest BCUT2D eigenvalue weighted by molar-refractivity contribution is -0.142. The van der Waals surface area contributed by atoms with Gasteiger partial charge in [0.1, 0.15) is 0 Å². The van der Waals surface area contributed by atoms with Crippen LogP contribution in [0.4, 0.5) is 0 Å². The van der Waals surface area contributed by atoms with Gasteiger partial charge in [-0.2, -0.15) is 0 Å². The molecule has 0 radical (unpaired) electrons. The van der Waals surface area contributed by atoms with Crippen LogP contribution in [0, 0.1) is 0 Å². The first-order valence-corrected chi connectivity index (χ1v) is 5.46. The maximum atomic E-state index is 11.2. The Morgan fingerprint density at radius 3 is 2.62 bits per heavy atom. The second kappa shape index (κ2) is 6.16. The average Bonchev–Trinajstić information content (AvgIpc) is 2.27. The van der Waals surface area contributed by atoms with Crippen LogP contribution in [0.1, 0.15) is 12.5 Å². The van der Waals surface area contributed by atoms with E-state index in [1.165, 1.54) is 11.8 Å². The van der Waals surface area contributed by atoms with E-state index in [-0.39, 0.29) is 0 Å². The fraction of sp³-hybridized carbons (Fsp3) is 0.100. The van der Waals surface area contributed by atoms with Gasteiger partial charge >= 0.3 is 5.97 Å². The lowest BCUT2D eigenvalue weighted by Crippen LogP contribution is -2.22. The lowest BCUT2D eigenvalue weighted by Gasteiger charge is -2.07. The molecule has 86 valence electrons. The fourth-order valence-electron chi connectivity index (χ4n) is 1.01. The van der Waals surface area contributed by atoms with Crippen molar-refractivity contribution in [3.05, 3.63) is 41.5 Å². The van der Waals surface area contributed by atoms with Crippen molar-refractivity contribution in [1.29, 1.82) is 0 Å². The molecule has 1 aromatic rings. The first-order valence-electron chi connectivity index (χ1n) is 4.39. The first kappa shape index (κ1) is 12.6. The summed E-state index contributed by atoms with van der Waals surface area (Å²) in [6, 6.07) is 9.14. The van der Waals surface area contributed by atoms with Gasteiger partial charge in [-0.25, -0.2) is 4.79 Å². The number of rotatable bonds is 4. The minimum absolute atomic E-state index is 0.296. The van der Waals surface area contributed by atoms with Crippen LogP contribution in [-0.2, 0) is 20.9 Å². The van der Waals surface area contributed by atoms with Crippen molar-refractivity contribution in [3.8, 4) is 0 Å². The number of benzene rings is 1. The van der Waals surface area contributed by atoms with Crippen LogP contribution in [0.15, 0.2) is 35.9 Å². The Kier molecular flexibility index (Phi) is 4.84. The van der Waals surface area contributed by atoms with Crippen LogP contribution in [-0.4, -0.2) is 14.7 Å². The summed E-state index contributed by atoms with van der Waals surface area (Å²) in [6.07, 6.45) is 1.59. The van der Waals surface area contributed by atoms with Gasteiger partial charge in [0, 0.05) is 5.57 Å². The van der Waals surface area contributed by atoms with E-state index < -0.39 is 17.2 Å². The van der Waals surface area contributed by atoms with Crippen LogP contribution in [0.2, 0.25) is 0 Å². The smallest absolute Gasteiger partial charge is 0.353 e. The largest absolute Gasteiger partial charge is 0.758 e. The summed E-state index contributed by atoms with van der Waals surface area (Å²) >= 11 is -2.62. The van der Waals surface area contributed by atoms with Gasteiger partial charge in [0.15, 0.2) is 0 Å². The van der Waals surface area contributed by atoms with Gasteiger partial charge in [0.25, 0.3) is 0 Å². The molecule has 0 saturated heterocycles. The van der Waals surface area contributed by atoms with E-state index in [1.807, 2.05) is 30.3 Å². The SMILES string of the molecule is CC(=Cc1ccccc1)C(=O)ONS(=O)[O-]. The van der Waals surface area contributed by atoms with Crippen LogP contribution in [0.25, 0.3) is 6.08 Å². The van der Waals surface area contributed by atoms with Crippen molar-refractivity contribution in [2.24, 2.45) is 0 Å². The summed E-state index contributed by atoms with van der Waals surface area (Å²) in [4.78, 5) is 17.0. The predicted octanol–water partition coefficient (Wildman–Crippen LogP) is 0.932. The predicted molar refractivity (Wildman–Crippen MR) is 58.2 cm³/mol. The molecule has 0 aromatic heterocycles. The molecule has 1 N–H and O–H groups in total. The Bertz CT molecular complexity index is 416. The van der Waals surface area contributed by atoms with Crippen molar-refractivity contribution in [3.63, 3.8) is 0 Å². The summed E-state index contributed by atoms with van der Waals surface area (Å²) in [5, 5.41) is 0. The standard InChI is InChI=1S/C10H11NO4S/c1-8(10(12)15-11-16(13)14)7-9-5-3-2-4-6-9/h2-7,11H,1H3,(H,13,14)/p-1. The van der Waals surface area contributed by atoms with Gasteiger partial charge < -0.3 is 9.39 Å². The molecule has 0 spiro atoms. The summed E-state index contributed by atoms with van der Waals surface area (Å²) in [6.45, 7) is 1.53. The van der Waals surface area contributed by atoms with Crippen molar-refractivity contribution >= 4 is 23.3 Å². The summed E-state index contributed by atoms with van der Waals surface area (Å²) in [5.41, 5.74) is 1.13. The van der Waals surface area contributed by atoms with Crippen LogP contribution >= 0.6 is 0 Å². The Balaban J connectivity index is 2.63. The first-order chi connectivity index (χ1) is 7.59. The maximum absolute atomic E-state index is 11.2. The molecule has 1 aromatic carbocycles. The van der Waals surface area contributed by atoms with E-state index in [0.29, 0.717) is 5.57 Å². The molecule has 0 aliphatic heterocycles. The third-order valence-corrected chi connectivity index (χ3v) is 1.93. The van der Waals surface area contributed by atoms with E-state index in [0.717, 1.165) is 5.56 Å². The van der Waals surface area contributed by atoms with Gasteiger partial charge in [0.2, 0.25) is 0 Å². The molecule has 6 heteroatoms. The second-order valence-corrected chi connectivity index (χ2v) is 3.58. The zero-order valence-electron chi connectivity index (χ0n) is 8.51. The number of carbonyl (C=O) groups excluding carboxylic acids is 1. The minimum atomic E-state index is -2.62. The Hall–Kier alpha value is -1.50. The molecular weight excluding hydrogens is 230 g/mol. The molecule has 0 aliphatic carbocycles. The van der Waals surface area contributed by atoms with Crippen molar-refractivity contribution in [1.82, 2.24) is 4.89 Å². The molecule has 0 saturated carbocycles. The average molecular weight is 240 g/mol. The molecule has 0 bridgehead atoms. The maximum Gasteiger partial charge on any atom is 0.353 e. The highest BCUT2D eigenvalue weighted by Gasteiger charge is 2.05. The fourth-order valence-corrected chi connectivity index (χ4v) is 1.15. The summed E-state index contributed by atoms with van der Waals surface area (Å²) in [5.74, 6) is -0.743. The number of hydrogen-bond donors (Lipinski definition) is 1. The van der Waals surface area contributed by atoms with Crippen molar-refractivity contribution in [2.45, 2.75) is 6.92 Å². The summed E-state index contributed by atoms with van der Waals surface area (Å²) in [7, 11) is 0.